The van der Waals surface area contributed by atoms with Crippen LogP contribution in [0, 0.1) is 0 Å². The summed E-state index contributed by atoms with van der Waals surface area (Å²) < 4.78 is 4.87. The number of hydrogen-bond acceptors (Lipinski definition) is 5. The smallest absolute Gasteiger partial charge is 0.360 e. The molecule has 0 spiro atoms. The van der Waals surface area contributed by atoms with Crippen LogP contribution in [0.4, 0.5) is 5.00 Å². The van der Waals surface area contributed by atoms with Gasteiger partial charge in [0.15, 0.2) is 5.69 Å². The molecule has 0 amide bonds. The molecule has 1 aromatic heterocycles. The van der Waals surface area contributed by atoms with Gasteiger partial charge in [-0.25, -0.2) is 9.78 Å². The molecular formula is C9H14N2O2S. The van der Waals surface area contributed by atoms with Crippen LogP contribution in [-0.4, -0.2) is 23.6 Å². The first-order valence-corrected chi connectivity index (χ1v) is 5.40. The van der Waals surface area contributed by atoms with Gasteiger partial charge in [-0.15, -0.1) is 11.3 Å². The Hall–Kier alpha value is -1.10. The molecule has 0 saturated heterocycles. The summed E-state index contributed by atoms with van der Waals surface area (Å²) >= 11 is 1.41. The Morgan fingerprint density at radius 3 is 3.00 bits per heavy atom. The van der Waals surface area contributed by atoms with Gasteiger partial charge in [0.05, 0.1) is 12.1 Å². The number of hydrogen-bond donors (Lipinski definition) is 1. The normalized spacial score (nSPS) is 10.3. The zero-order valence-corrected chi connectivity index (χ0v) is 9.35. The average Bonchev–Trinajstić information content (AvgIpc) is 2.51. The van der Waals surface area contributed by atoms with Crippen molar-refractivity contribution in [3.8, 4) is 0 Å². The van der Waals surface area contributed by atoms with Gasteiger partial charge < -0.3 is 10.1 Å². The third-order valence-electron chi connectivity index (χ3n) is 1.46. The Morgan fingerprint density at radius 2 is 2.43 bits per heavy atom. The van der Waals surface area contributed by atoms with Gasteiger partial charge in [-0.1, -0.05) is 0 Å². The summed E-state index contributed by atoms with van der Waals surface area (Å²) in [4.78, 5) is 15.4. The minimum Gasteiger partial charge on any atom is -0.461 e. The van der Waals surface area contributed by atoms with Gasteiger partial charge in [-0.3, -0.25) is 0 Å². The standard InChI is InChI=1S/C9H14N2O2S/c1-4-13-9(12)7-8(11-6(2)3)14-5-10-7/h5-6,11H,4H2,1-3H3. The Morgan fingerprint density at radius 1 is 1.71 bits per heavy atom. The first-order chi connectivity index (χ1) is 6.65. The number of aromatic nitrogens is 1. The van der Waals surface area contributed by atoms with Crippen LogP contribution in [0.25, 0.3) is 0 Å². The molecule has 1 aromatic rings. The van der Waals surface area contributed by atoms with Crippen LogP contribution in [0.15, 0.2) is 5.51 Å². The van der Waals surface area contributed by atoms with Crippen molar-refractivity contribution in [2.75, 3.05) is 11.9 Å². The molecule has 0 aliphatic heterocycles. The van der Waals surface area contributed by atoms with Crippen LogP contribution in [-0.2, 0) is 4.74 Å². The lowest BCUT2D eigenvalue weighted by atomic mass is 10.4. The maximum atomic E-state index is 11.4. The number of carbonyl (C=O) groups excluding carboxylic acids is 1. The van der Waals surface area contributed by atoms with Gasteiger partial charge in [0.1, 0.15) is 5.00 Å². The fourth-order valence-corrected chi connectivity index (χ4v) is 1.77. The number of anilines is 1. The third kappa shape index (κ3) is 2.70. The molecule has 0 aliphatic rings. The minimum atomic E-state index is -0.364. The van der Waals surface area contributed by atoms with Crippen molar-refractivity contribution in [3.05, 3.63) is 11.2 Å². The van der Waals surface area contributed by atoms with Crippen LogP contribution >= 0.6 is 11.3 Å². The molecule has 78 valence electrons. The topological polar surface area (TPSA) is 51.2 Å². The maximum Gasteiger partial charge on any atom is 0.360 e. The molecule has 0 fully saturated rings. The van der Waals surface area contributed by atoms with E-state index in [-0.39, 0.29) is 12.0 Å². The first-order valence-electron chi connectivity index (χ1n) is 4.52. The highest BCUT2D eigenvalue weighted by Crippen LogP contribution is 2.21. The van der Waals surface area contributed by atoms with Gasteiger partial charge in [0.25, 0.3) is 0 Å². The van der Waals surface area contributed by atoms with Crippen molar-refractivity contribution in [1.82, 2.24) is 4.98 Å². The van der Waals surface area contributed by atoms with Crippen molar-refractivity contribution < 1.29 is 9.53 Å². The van der Waals surface area contributed by atoms with Crippen LogP contribution < -0.4 is 5.32 Å². The summed E-state index contributed by atoms with van der Waals surface area (Å²) in [7, 11) is 0. The molecule has 0 unspecified atom stereocenters. The highest BCUT2D eigenvalue weighted by molar-refractivity contribution is 7.14. The number of nitrogens with zero attached hydrogens (tertiary/aromatic N) is 1. The average molecular weight is 214 g/mol. The Kier molecular flexibility index (Phi) is 3.88. The second-order valence-corrected chi connectivity index (χ2v) is 3.90. The zero-order chi connectivity index (χ0) is 10.6. The van der Waals surface area contributed by atoms with E-state index in [0.29, 0.717) is 12.3 Å². The van der Waals surface area contributed by atoms with E-state index in [9.17, 15) is 4.79 Å². The van der Waals surface area contributed by atoms with Crippen LogP contribution in [0.3, 0.4) is 0 Å². The minimum absolute atomic E-state index is 0.281. The van der Waals surface area contributed by atoms with Crippen molar-refractivity contribution in [3.63, 3.8) is 0 Å². The largest absolute Gasteiger partial charge is 0.461 e. The van der Waals surface area contributed by atoms with E-state index in [1.807, 2.05) is 13.8 Å². The summed E-state index contributed by atoms with van der Waals surface area (Å²) in [6.45, 7) is 6.17. The third-order valence-corrected chi connectivity index (χ3v) is 2.21. The number of nitrogens with one attached hydrogen (secondary N) is 1. The lowest BCUT2D eigenvalue weighted by molar-refractivity contribution is 0.0521. The monoisotopic (exact) mass is 214 g/mol. The van der Waals surface area contributed by atoms with Crippen molar-refractivity contribution in [2.45, 2.75) is 26.8 Å². The second-order valence-electron chi connectivity index (χ2n) is 3.05. The second kappa shape index (κ2) is 4.95. The Labute approximate surface area is 87.3 Å². The fraction of sp³-hybridized carbons (Fsp3) is 0.556. The molecule has 0 aromatic carbocycles. The molecule has 0 saturated carbocycles. The molecule has 0 radical (unpaired) electrons. The molecule has 1 rings (SSSR count). The molecule has 0 aliphatic carbocycles. The molecule has 1 N–H and O–H groups in total. The van der Waals surface area contributed by atoms with E-state index in [4.69, 9.17) is 4.74 Å². The van der Waals surface area contributed by atoms with Gasteiger partial charge in [-0.2, -0.15) is 0 Å². The summed E-state index contributed by atoms with van der Waals surface area (Å²) in [5.74, 6) is -0.364. The van der Waals surface area contributed by atoms with Crippen molar-refractivity contribution in [2.24, 2.45) is 0 Å². The molecule has 0 atom stereocenters. The lowest BCUT2D eigenvalue weighted by Crippen LogP contribution is -2.13. The molecular weight excluding hydrogens is 200 g/mol. The lowest BCUT2D eigenvalue weighted by Gasteiger charge is -2.08. The highest BCUT2D eigenvalue weighted by Gasteiger charge is 2.16. The zero-order valence-electron chi connectivity index (χ0n) is 8.53. The van der Waals surface area contributed by atoms with Gasteiger partial charge in [-0.05, 0) is 20.8 Å². The summed E-state index contributed by atoms with van der Waals surface area (Å²) in [6, 6.07) is 0.281. The predicted octanol–water partition coefficient (Wildman–Crippen LogP) is 2.14. The van der Waals surface area contributed by atoms with E-state index >= 15 is 0 Å². The molecule has 4 nitrogen and oxygen atoms in total. The number of esters is 1. The van der Waals surface area contributed by atoms with E-state index in [1.54, 1.807) is 12.4 Å². The Bertz CT molecular complexity index is 310. The number of thiazole rings is 1. The summed E-state index contributed by atoms with van der Waals surface area (Å²) in [5, 5.41) is 3.92. The molecule has 14 heavy (non-hydrogen) atoms. The fourth-order valence-electron chi connectivity index (χ4n) is 0.956. The number of carbonyl (C=O) groups is 1. The summed E-state index contributed by atoms with van der Waals surface area (Å²) in [6.07, 6.45) is 0. The van der Waals surface area contributed by atoms with Crippen LogP contribution in [0.2, 0.25) is 0 Å². The van der Waals surface area contributed by atoms with Gasteiger partial charge in [0.2, 0.25) is 0 Å². The van der Waals surface area contributed by atoms with Crippen LogP contribution in [0.5, 0.6) is 0 Å². The van der Waals surface area contributed by atoms with Gasteiger partial charge in [0, 0.05) is 6.04 Å². The van der Waals surface area contributed by atoms with E-state index in [2.05, 4.69) is 10.3 Å². The highest BCUT2D eigenvalue weighted by atomic mass is 32.1. The van der Waals surface area contributed by atoms with E-state index in [0.717, 1.165) is 5.00 Å². The predicted molar refractivity (Wildman–Crippen MR) is 56.8 cm³/mol. The SMILES string of the molecule is CCOC(=O)c1ncsc1NC(C)C. The summed E-state index contributed by atoms with van der Waals surface area (Å²) in [5.41, 5.74) is 2.02. The number of ether oxygens (including phenoxy) is 1. The molecule has 5 heteroatoms. The van der Waals surface area contributed by atoms with Gasteiger partial charge >= 0.3 is 5.97 Å². The molecule has 0 bridgehead atoms. The van der Waals surface area contributed by atoms with Crippen molar-refractivity contribution >= 4 is 22.3 Å². The van der Waals surface area contributed by atoms with Crippen molar-refractivity contribution in [1.29, 1.82) is 0 Å². The van der Waals surface area contributed by atoms with Crippen LogP contribution in [0.1, 0.15) is 31.3 Å². The Balaban J connectivity index is 2.76. The maximum absolute atomic E-state index is 11.4. The quantitative estimate of drug-likeness (QED) is 0.780. The first kappa shape index (κ1) is 11.0. The van der Waals surface area contributed by atoms with E-state index in [1.165, 1.54) is 11.3 Å². The van der Waals surface area contributed by atoms with E-state index < -0.39 is 0 Å². The number of rotatable bonds is 4. The molecule has 1 heterocycles.